The highest BCUT2D eigenvalue weighted by atomic mass is 16.6. The summed E-state index contributed by atoms with van der Waals surface area (Å²) in [5.41, 5.74) is -1.14. The minimum Gasteiger partial charge on any atom is -0.441 e. The largest absolute Gasteiger partial charge is 0.441 e. The molecule has 10 nitrogen and oxygen atoms in total. The van der Waals surface area contributed by atoms with Crippen LogP contribution < -0.4 is 0 Å². The Bertz CT molecular complexity index is 556. The quantitative estimate of drug-likeness (QED) is 0.347. The molecule has 0 amide bonds. The van der Waals surface area contributed by atoms with E-state index in [0.29, 0.717) is 0 Å². The van der Waals surface area contributed by atoms with E-state index < -0.39 is 27.2 Å². The topological polar surface area (TPSA) is 137 Å². The van der Waals surface area contributed by atoms with Crippen LogP contribution in [-0.4, -0.2) is 22.5 Å². The van der Waals surface area contributed by atoms with Gasteiger partial charge in [-0.15, -0.1) is 10.2 Å². The van der Waals surface area contributed by atoms with Gasteiger partial charge in [-0.25, -0.2) is 0 Å². The molecule has 19 heavy (non-hydrogen) atoms. The van der Waals surface area contributed by atoms with Crippen molar-refractivity contribution in [2.24, 2.45) is 10.2 Å². The first kappa shape index (κ1) is 14.2. The summed E-state index contributed by atoms with van der Waals surface area (Å²) >= 11 is 0. The lowest BCUT2D eigenvalue weighted by Crippen LogP contribution is -1.97. The van der Waals surface area contributed by atoms with E-state index in [0.717, 1.165) is 18.2 Å². The number of azo groups is 1. The van der Waals surface area contributed by atoms with Crippen LogP contribution in [0.4, 0.5) is 17.1 Å². The molecule has 0 aromatic heterocycles. The van der Waals surface area contributed by atoms with Gasteiger partial charge in [-0.2, -0.15) is 0 Å². The van der Waals surface area contributed by atoms with Gasteiger partial charge >= 0.3 is 11.7 Å². The Morgan fingerprint density at radius 1 is 1.32 bits per heavy atom. The van der Waals surface area contributed by atoms with Gasteiger partial charge in [-0.05, 0) is 6.07 Å². The van der Waals surface area contributed by atoms with Crippen LogP contribution in [0.2, 0.25) is 0 Å². The number of nitro benzene ring substituents is 2. The van der Waals surface area contributed by atoms with Crippen molar-refractivity contribution in [3.05, 3.63) is 38.4 Å². The van der Waals surface area contributed by atoms with Crippen LogP contribution in [-0.2, 0) is 9.53 Å². The molecule has 100 valence electrons. The van der Waals surface area contributed by atoms with E-state index in [2.05, 4.69) is 15.0 Å². The van der Waals surface area contributed by atoms with Crippen molar-refractivity contribution < 1.29 is 19.4 Å². The van der Waals surface area contributed by atoms with Gasteiger partial charge in [0.2, 0.25) is 6.73 Å². The molecule has 10 heteroatoms. The Balaban J connectivity index is 2.97. The summed E-state index contributed by atoms with van der Waals surface area (Å²) in [7, 11) is 0. The Morgan fingerprint density at radius 3 is 2.53 bits per heavy atom. The van der Waals surface area contributed by atoms with Crippen LogP contribution in [0.15, 0.2) is 28.4 Å². The van der Waals surface area contributed by atoms with Crippen LogP contribution in [0.25, 0.3) is 0 Å². The molecule has 0 spiro atoms. The molecule has 0 bridgehead atoms. The third-order valence-electron chi connectivity index (χ3n) is 1.87. The predicted octanol–water partition coefficient (Wildman–Crippen LogP) is 2.11. The zero-order valence-electron chi connectivity index (χ0n) is 9.68. The van der Waals surface area contributed by atoms with E-state index in [1.54, 1.807) is 0 Å². The van der Waals surface area contributed by atoms with Crippen molar-refractivity contribution in [2.45, 2.75) is 6.92 Å². The third kappa shape index (κ3) is 4.11. The van der Waals surface area contributed by atoms with Crippen molar-refractivity contribution in [1.82, 2.24) is 0 Å². The SMILES string of the molecule is CC(=O)OCN=Nc1ccc([N+](=O)[O-])cc1[N+](=O)[O-]. The zero-order valence-corrected chi connectivity index (χ0v) is 9.68. The number of nitro groups is 2. The fourth-order valence-electron chi connectivity index (χ4n) is 1.08. The van der Waals surface area contributed by atoms with E-state index >= 15 is 0 Å². The number of ether oxygens (including phenoxy) is 1. The monoisotopic (exact) mass is 268 g/mol. The number of carbonyl (C=O) groups excluding carboxylic acids is 1. The summed E-state index contributed by atoms with van der Waals surface area (Å²) in [6, 6.07) is 2.93. The molecule has 0 saturated heterocycles. The number of benzene rings is 1. The summed E-state index contributed by atoms with van der Waals surface area (Å²) in [6.07, 6.45) is 0. The minimum absolute atomic E-state index is 0.164. The molecule has 1 rings (SSSR count). The van der Waals surface area contributed by atoms with Gasteiger partial charge in [-0.3, -0.25) is 25.0 Å². The second kappa shape index (κ2) is 6.14. The lowest BCUT2D eigenvalue weighted by molar-refractivity contribution is -0.393. The Hall–Kier alpha value is -2.91. The second-order valence-corrected chi connectivity index (χ2v) is 3.19. The highest BCUT2D eigenvalue weighted by Gasteiger charge is 2.19. The molecule has 1 aromatic carbocycles. The number of rotatable bonds is 5. The lowest BCUT2D eigenvalue weighted by Gasteiger charge is -1.97. The first-order chi connectivity index (χ1) is 8.91. The van der Waals surface area contributed by atoms with Crippen LogP contribution in [0.5, 0.6) is 0 Å². The Kier molecular flexibility index (Phi) is 4.57. The molecule has 0 N–H and O–H groups in total. The van der Waals surface area contributed by atoms with Gasteiger partial charge in [0.25, 0.3) is 5.69 Å². The Labute approximate surface area is 106 Å². The van der Waals surface area contributed by atoms with Gasteiger partial charge in [0.05, 0.1) is 15.9 Å². The Morgan fingerprint density at radius 2 is 2.00 bits per heavy atom. The highest BCUT2D eigenvalue weighted by Crippen LogP contribution is 2.31. The van der Waals surface area contributed by atoms with Crippen LogP contribution >= 0.6 is 0 Å². The summed E-state index contributed by atoms with van der Waals surface area (Å²) < 4.78 is 4.45. The molecule has 0 saturated carbocycles. The summed E-state index contributed by atoms with van der Waals surface area (Å²) in [4.78, 5) is 30.1. The van der Waals surface area contributed by atoms with Crippen LogP contribution in [0.1, 0.15) is 6.92 Å². The molecule has 0 radical (unpaired) electrons. The molecular formula is C9H8N4O6. The number of hydrogen-bond donors (Lipinski definition) is 0. The molecule has 0 atom stereocenters. The number of nitrogens with zero attached hydrogens (tertiary/aromatic N) is 4. The number of hydrogen-bond acceptors (Lipinski definition) is 8. The van der Waals surface area contributed by atoms with Crippen molar-refractivity contribution in [3.8, 4) is 0 Å². The maximum Gasteiger partial charge on any atom is 0.304 e. The van der Waals surface area contributed by atoms with Crippen molar-refractivity contribution in [2.75, 3.05) is 6.73 Å². The van der Waals surface area contributed by atoms with E-state index in [9.17, 15) is 25.0 Å². The predicted molar refractivity (Wildman–Crippen MR) is 60.9 cm³/mol. The maximum atomic E-state index is 10.7. The smallest absolute Gasteiger partial charge is 0.304 e. The van der Waals surface area contributed by atoms with Crippen molar-refractivity contribution in [3.63, 3.8) is 0 Å². The van der Waals surface area contributed by atoms with Gasteiger partial charge in [0, 0.05) is 13.0 Å². The molecule has 0 fully saturated rings. The fraction of sp³-hybridized carbons (Fsp3) is 0.222. The number of non-ortho nitro benzene ring substituents is 1. The van der Waals surface area contributed by atoms with Gasteiger partial charge in [-0.1, -0.05) is 0 Å². The maximum absolute atomic E-state index is 10.7. The molecule has 0 aliphatic heterocycles. The van der Waals surface area contributed by atoms with E-state index in [1.807, 2.05) is 0 Å². The fourth-order valence-corrected chi connectivity index (χ4v) is 1.08. The molecule has 0 unspecified atom stereocenters. The van der Waals surface area contributed by atoms with Gasteiger partial charge in [0.1, 0.15) is 0 Å². The summed E-state index contributed by atoms with van der Waals surface area (Å²) in [5.74, 6) is -0.572. The normalized spacial score (nSPS) is 10.4. The lowest BCUT2D eigenvalue weighted by atomic mass is 10.2. The minimum atomic E-state index is -0.812. The summed E-state index contributed by atoms with van der Waals surface area (Å²) in [5, 5.41) is 28.1. The van der Waals surface area contributed by atoms with Crippen molar-refractivity contribution >= 4 is 23.0 Å². The van der Waals surface area contributed by atoms with Crippen LogP contribution in [0, 0.1) is 20.2 Å². The average Bonchev–Trinajstić information content (AvgIpc) is 2.34. The highest BCUT2D eigenvalue weighted by molar-refractivity contribution is 5.65. The zero-order chi connectivity index (χ0) is 14.4. The first-order valence-electron chi connectivity index (χ1n) is 4.85. The third-order valence-corrected chi connectivity index (χ3v) is 1.87. The number of esters is 1. The average molecular weight is 268 g/mol. The van der Waals surface area contributed by atoms with E-state index in [-0.39, 0.29) is 12.4 Å². The molecule has 0 aliphatic rings. The van der Waals surface area contributed by atoms with Crippen molar-refractivity contribution in [1.29, 1.82) is 0 Å². The first-order valence-corrected chi connectivity index (χ1v) is 4.85. The van der Waals surface area contributed by atoms with E-state index in [4.69, 9.17) is 0 Å². The molecular weight excluding hydrogens is 260 g/mol. The summed E-state index contributed by atoms with van der Waals surface area (Å²) in [6.45, 7) is 0.785. The molecule has 0 aliphatic carbocycles. The van der Waals surface area contributed by atoms with Gasteiger partial charge in [0.15, 0.2) is 5.69 Å². The van der Waals surface area contributed by atoms with Gasteiger partial charge < -0.3 is 4.74 Å². The molecule has 0 heterocycles. The second-order valence-electron chi connectivity index (χ2n) is 3.19. The standard InChI is InChI=1S/C9H8N4O6/c1-6(14)19-5-10-11-8-3-2-7(12(15)16)4-9(8)13(17)18/h2-4H,5H2,1H3. The van der Waals surface area contributed by atoms with Crippen LogP contribution in [0.3, 0.4) is 0 Å². The number of carbonyl (C=O) groups is 1. The molecule has 1 aromatic rings. The van der Waals surface area contributed by atoms with E-state index in [1.165, 1.54) is 6.92 Å².